The summed E-state index contributed by atoms with van der Waals surface area (Å²) in [7, 11) is 0. The Bertz CT molecular complexity index is 1570. The summed E-state index contributed by atoms with van der Waals surface area (Å²) < 4.78 is 149. The molecule has 1 aliphatic heterocycles. The largest absolute Gasteiger partial charge is 0.418 e. The Morgan fingerprint density at radius 2 is 1.68 bits per heavy atom. The van der Waals surface area contributed by atoms with Crippen molar-refractivity contribution in [3.8, 4) is 11.3 Å². The third kappa shape index (κ3) is 6.35. The van der Waals surface area contributed by atoms with Crippen LogP contribution in [0.5, 0.6) is 0 Å². The Morgan fingerprint density at radius 1 is 1.05 bits per heavy atom. The molecule has 4 rings (SSSR count). The topological polar surface area (TPSA) is 106 Å². The van der Waals surface area contributed by atoms with Gasteiger partial charge in [0.1, 0.15) is 23.8 Å². The molecule has 2 atom stereocenters. The number of anilines is 1. The Labute approximate surface area is 240 Å². The third-order valence-corrected chi connectivity index (χ3v) is 7.06. The van der Waals surface area contributed by atoms with Crippen molar-refractivity contribution in [2.45, 2.75) is 50.5 Å². The molecule has 3 N–H and O–H groups in total. The zero-order chi connectivity index (χ0) is 32.9. The van der Waals surface area contributed by atoms with Crippen LogP contribution < -0.4 is 11.1 Å². The van der Waals surface area contributed by atoms with Crippen molar-refractivity contribution in [2.24, 2.45) is 5.92 Å². The van der Waals surface area contributed by atoms with Gasteiger partial charge in [-0.05, 0) is 24.6 Å². The summed E-state index contributed by atoms with van der Waals surface area (Å²) in [4.78, 5) is 29.4. The molecular formula is C25H21F11N6O2. The highest BCUT2D eigenvalue weighted by Gasteiger charge is 2.57. The fraction of sp³-hybridized carbons (Fsp3) is 0.440. The third-order valence-electron chi connectivity index (χ3n) is 7.06. The molecule has 2 aromatic heterocycles. The van der Waals surface area contributed by atoms with Crippen LogP contribution >= 0.6 is 0 Å². The Hall–Kier alpha value is -4.19. The summed E-state index contributed by atoms with van der Waals surface area (Å²) in [5.74, 6) is -8.40. The number of hydrogen-bond acceptors (Lipinski definition) is 5. The van der Waals surface area contributed by atoms with Gasteiger partial charge >= 0.3 is 18.5 Å². The molecule has 3 aromatic rings. The number of nitrogen functional groups attached to an aromatic ring is 1. The molecule has 1 saturated heterocycles. The van der Waals surface area contributed by atoms with Gasteiger partial charge in [0, 0.05) is 29.7 Å². The molecule has 0 aliphatic carbocycles. The maximum absolute atomic E-state index is 15.2. The molecule has 1 fully saturated rings. The first-order valence-electron chi connectivity index (χ1n) is 12.6. The fourth-order valence-corrected chi connectivity index (χ4v) is 4.91. The van der Waals surface area contributed by atoms with Gasteiger partial charge in [-0.2, -0.15) is 44.6 Å². The van der Waals surface area contributed by atoms with E-state index in [1.165, 1.54) is 6.92 Å². The van der Waals surface area contributed by atoms with Crippen LogP contribution in [-0.2, 0) is 17.4 Å². The summed E-state index contributed by atoms with van der Waals surface area (Å²) in [6.45, 7) is -0.298. The zero-order valence-electron chi connectivity index (χ0n) is 22.2. The first-order chi connectivity index (χ1) is 20.2. The minimum absolute atomic E-state index is 0.128. The molecule has 240 valence electrons. The Balaban J connectivity index is 1.63. The highest BCUT2D eigenvalue weighted by atomic mass is 19.4. The van der Waals surface area contributed by atoms with E-state index < -0.39 is 96.3 Å². The number of nitrogens with one attached hydrogen (secondary N) is 1. The van der Waals surface area contributed by atoms with Crippen LogP contribution in [-0.4, -0.2) is 69.0 Å². The first-order valence-corrected chi connectivity index (χ1v) is 12.6. The smallest absolute Gasteiger partial charge is 0.382 e. The molecule has 44 heavy (non-hydrogen) atoms. The first kappa shape index (κ1) is 32.7. The molecule has 3 heterocycles. The highest BCUT2D eigenvalue weighted by Crippen LogP contribution is 2.42. The lowest BCUT2D eigenvalue weighted by atomic mass is 9.98. The normalized spacial score (nSPS) is 18.0. The van der Waals surface area contributed by atoms with Crippen molar-refractivity contribution in [1.82, 2.24) is 24.8 Å². The summed E-state index contributed by atoms with van der Waals surface area (Å²) in [5.41, 5.74) is 2.40. The van der Waals surface area contributed by atoms with Crippen molar-refractivity contribution in [3.63, 3.8) is 0 Å². The van der Waals surface area contributed by atoms with Gasteiger partial charge in [-0.3, -0.25) is 9.59 Å². The number of halogens is 11. The van der Waals surface area contributed by atoms with E-state index in [1.54, 1.807) is 0 Å². The molecule has 0 saturated carbocycles. The van der Waals surface area contributed by atoms with Crippen molar-refractivity contribution in [2.75, 3.05) is 18.8 Å². The lowest BCUT2D eigenvalue weighted by molar-refractivity contribution is -0.284. The second-order valence-corrected chi connectivity index (χ2v) is 9.92. The van der Waals surface area contributed by atoms with E-state index in [-0.39, 0.29) is 23.2 Å². The zero-order valence-corrected chi connectivity index (χ0v) is 22.2. The number of carbonyl (C=O) groups excluding carboxylic acids is 2. The number of hydrogen-bond donors (Lipinski definition) is 2. The van der Waals surface area contributed by atoms with Gasteiger partial charge in [0.05, 0.1) is 23.8 Å². The fourth-order valence-electron chi connectivity index (χ4n) is 4.91. The van der Waals surface area contributed by atoms with E-state index >= 15 is 4.39 Å². The van der Waals surface area contributed by atoms with E-state index in [9.17, 15) is 53.5 Å². The van der Waals surface area contributed by atoms with Crippen LogP contribution in [0.4, 0.5) is 54.1 Å². The molecule has 19 heteroatoms. The van der Waals surface area contributed by atoms with E-state index in [2.05, 4.69) is 15.4 Å². The van der Waals surface area contributed by atoms with Crippen LogP contribution in [0.3, 0.4) is 0 Å². The van der Waals surface area contributed by atoms with Gasteiger partial charge in [0.25, 0.3) is 5.91 Å². The molecule has 8 nitrogen and oxygen atoms in total. The minimum atomic E-state index is -5.80. The number of likely N-dealkylation sites (tertiary alicyclic amines) is 1. The molecular weight excluding hydrogens is 625 g/mol. The van der Waals surface area contributed by atoms with Crippen molar-refractivity contribution in [3.05, 3.63) is 47.0 Å². The van der Waals surface area contributed by atoms with Crippen LogP contribution in [0.15, 0.2) is 24.5 Å². The van der Waals surface area contributed by atoms with Crippen molar-refractivity contribution >= 4 is 23.1 Å². The average Bonchev–Trinajstić information content (AvgIpc) is 3.47. The molecule has 1 aliphatic rings. The SMILES string of the molecule is CCc1c(F)cc(-c2cc(C(F)(F)F)c3c(N)ncnn23)cc1C(=O)N[C@@H]1CN(C(=O)CC(C(F)(F)F)C(F)(F)F)C[C@@H]1F. The summed E-state index contributed by atoms with van der Waals surface area (Å²) in [6, 6.07) is 0.827. The monoisotopic (exact) mass is 646 g/mol. The highest BCUT2D eigenvalue weighted by molar-refractivity contribution is 5.97. The number of aromatic nitrogens is 3. The number of rotatable bonds is 6. The molecule has 0 radical (unpaired) electrons. The van der Waals surface area contributed by atoms with Gasteiger partial charge < -0.3 is 16.0 Å². The molecule has 1 aromatic carbocycles. The van der Waals surface area contributed by atoms with Crippen LogP contribution in [0.25, 0.3) is 16.8 Å². The second-order valence-electron chi connectivity index (χ2n) is 9.92. The van der Waals surface area contributed by atoms with Crippen molar-refractivity contribution in [1.29, 1.82) is 0 Å². The van der Waals surface area contributed by atoms with Gasteiger partial charge in [-0.15, -0.1) is 0 Å². The predicted molar refractivity (Wildman–Crippen MR) is 130 cm³/mol. The van der Waals surface area contributed by atoms with E-state index in [0.717, 1.165) is 23.0 Å². The molecule has 0 bridgehead atoms. The van der Waals surface area contributed by atoms with Gasteiger partial charge in [-0.1, -0.05) is 6.92 Å². The number of fused-ring (bicyclic) bond motifs is 1. The minimum Gasteiger partial charge on any atom is -0.382 e. The summed E-state index contributed by atoms with van der Waals surface area (Å²) >= 11 is 0. The number of nitrogens with two attached hydrogens (primary N) is 1. The van der Waals surface area contributed by atoms with Gasteiger partial charge in [0.15, 0.2) is 11.7 Å². The standard InChI is InChI=1S/C25H21F11N6O2/c1-2-11-12(3-10(4-14(11)26)17-5-13(23(28,29)30)20-21(37)38-9-39-42(17)20)22(44)40-16-8-41(7-15(16)27)19(43)6-18(24(31,32)33)25(34,35)36/h3-5,9,15-16,18H,2,6-8H2,1H3,(H,40,44)(H2,37,38,39)/t15-,16+/m0/s1. The van der Waals surface area contributed by atoms with E-state index in [4.69, 9.17) is 5.73 Å². The maximum Gasteiger partial charge on any atom is 0.418 e. The maximum atomic E-state index is 15.2. The molecule has 0 unspecified atom stereocenters. The van der Waals surface area contributed by atoms with E-state index in [0.29, 0.717) is 11.0 Å². The van der Waals surface area contributed by atoms with Gasteiger partial charge in [-0.25, -0.2) is 18.3 Å². The van der Waals surface area contributed by atoms with Crippen LogP contribution in [0, 0.1) is 11.7 Å². The molecule has 0 spiro atoms. The quantitative estimate of drug-likeness (QED) is 0.363. The predicted octanol–water partition coefficient (Wildman–Crippen LogP) is 5.11. The number of nitrogens with zero attached hydrogens (tertiary/aromatic N) is 4. The average molecular weight is 646 g/mol. The second kappa shape index (κ2) is 11.4. The number of benzene rings is 1. The lowest BCUT2D eigenvalue weighted by Gasteiger charge is -2.25. The number of carbonyl (C=O) groups is 2. The lowest BCUT2D eigenvalue weighted by Crippen LogP contribution is -2.43. The van der Waals surface area contributed by atoms with Gasteiger partial charge in [0.2, 0.25) is 5.91 Å². The Kier molecular flexibility index (Phi) is 8.47. The van der Waals surface area contributed by atoms with Crippen molar-refractivity contribution < 1.29 is 57.9 Å². The van der Waals surface area contributed by atoms with Crippen LogP contribution in [0.1, 0.15) is 34.8 Å². The van der Waals surface area contributed by atoms with E-state index in [1.807, 2.05) is 0 Å². The number of amides is 2. The van der Waals surface area contributed by atoms with Crippen LogP contribution in [0.2, 0.25) is 0 Å². The number of alkyl halides is 10. The summed E-state index contributed by atoms with van der Waals surface area (Å²) in [6.07, 6.45) is -20.0. The Morgan fingerprint density at radius 3 is 2.25 bits per heavy atom. The summed E-state index contributed by atoms with van der Waals surface area (Å²) in [5, 5.41) is 5.89. The molecule has 2 amide bonds.